The summed E-state index contributed by atoms with van der Waals surface area (Å²) in [6, 6.07) is 6.50. The summed E-state index contributed by atoms with van der Waals surface area (Å²) in [4.78, 5) is 3.77. The lowest BCUT2D eigenvalue weighted by atomic mass is 10.2. The maximum atomic E-state index is 13.1. The molecule has 4 heteroatoms. The minimum atomic E-state index is -0.562. The minimum Gasteiger partial charge on any atom is -0.497 e. The van der Waals surface area contributed by atoms with Gasteiger partial charge in [0.15, 0.2) is 0 Å². The van der Waals surface area contributed by atoms with Crippen molar-refractivity contribution >= 4 is 10.9 Å². The number of rotatable bonds is 2. The molecular formula is C11H10FNO2. The molecule has 2 aromatic rings. The number of pyridine rings is 1. The van der Waals surface area contributed by atoms with Crippen LogP contribution in [-0.2, 0) is 0 Å². The van der Waals surface area contributed by atoms with Crippen molar-refractivity contribution in [3.05, 3.63) is 30.2 Å². The fourth-order valence-electron chi connectivity index (χ4n) is 1.44. The van der Waals surface area contributed by atoms with E-state index in [2.05, 4.69) is 4.98 Å². The van der Waals surface area contributed by atoms with Crippen molar-refractivity contribution < 1.29 is 13.9 Å². The number of hydrogen-bond donors (Lipinski definition) is 0. The van der Waals surface area contributed by atoms with Crippen LogP contribution in [0.2, 0.25) is 0 Å². The molecule has 0 N–H and O–H groups in total. The molecule has 1 aromatic carbocycles. The third-order valence-corrected chi connectivity index (χ3v) is 2.17. The largest absolute Gasteiger partial charge is 0.497 e. The van der Waals surface area contributed by atoms with E-state index >= 15 is 0 Å². The van der Waals surface area contributed by atoms with Crippen LogP contribution >= 0.6 is 0 Å². The second-order valence-corrected chi connectivity index (χ2v) is 3.03. The molecule has 0 aliphatic heterocycles. The summed E-state index contributed by atoms with van der Waals surface area (Å²) in [7, 11) is 3.05. The molecule has 78 valence electrons. The molecule has 0 amide bonds. The molecule has 0 bridgehead atoms. The number of methoxy groups -OCH3 is 2. The van der Waals surface area contributed by atoms with E-state index in [1.165, 1.54) is 13.2 Å². The second kappa shape index (κ2) is 3.73. The van der Waals surface area contributed by atoms with E-state index in [4.69, 9.17) is 9.47 Å². The molecule has 0 unspecified atom stereocenters. The molecule has 1 aromatic heterocycles. The van der Waals surface area contributed by atoms with Gasteiger partial charge in [-0.2, -0.15) is 4.39 Å². The van der Waals surface area contributed by atoms with E-state index in [-0.39, 0.29) is 0 Å². The van der Waals surface area contributed by atoms with E-state index in [1.54, 1.807) is 25.3 Å². The highest BCUT2D eigenvalue weighted by Crippen LogP contribution is 2.27. The quantitative estimate of drug-likeness (QED) is 0.708. The van der Waals surface area contributed by atoms with Crippen LogP contribution in [0.4, 0.5) is 4.39 Å². The van der Waals surface area contributed by atoms with Crippen LogP contribution in [-0.4, -0.2) is 19.2 Å². The molecule has 1 heterocycles. The minimum absolute atomic E-state index is 0.472. The zero-order valence-corrected chi connectivity index (χ0v) is 8.45. The van der Waals surface area contributed by atoms with Gasteiger partial charge >= 0.3 is 0 Å². The van der Waals surface area contributed by atoms with Gasteiger partial charge in [0, 0.05) is 17.5 Å². The van der Waals surface area contributed by atoms with E-state index in [0.29, 0.717) is 17.0 Å². The molecule has 3 nitrogen and oxygen atoms in total. The van der Waals surface area contributed by atoms with Crippen LogP contribution in [0.3, 0.4) is 0 Å². The Morgan fingerprint density at radius 2 is 1.93 bits per heavy atom. The molecule has 0 aliphatic rings. The summed E-state index contributed by atoms with van der Waals surface area (Å²) < 4.78 is 23.2. The van der Waals surface area contributed by atoms with Gasteiger partial charge < -0.3 is 9.47 Å². The number of ether oxygens (including phenoxy) is 2. The number of hydrogen-bond acceptors (Lipinski definition) is 3. The molecule has 0 fully saturated rings. The molecule has 15 heavy (non-hydrogen) atoms. The Labute approximate surface area is 86.5 Å². The Morgan fingerprint density at radius 1 is 1.13 bits per heavy atom. The first-order valence-corrected chi connectivity index (χ1v) is 4.43. The van der Waals surface area contributed by atoms with Crippen LogP contribution in [0.25, 0.3) is 10.9 Å². The number of benzene rings is 1. The summed E-state index contributed by atoms with van der Waals surface area (Å²) in [5.74, 6) is 0.551. The maximum Gasteiger partial charge on any atom is 0.217 e. The predicted octanol–water partition coefficient (Wildman–Crippen LogP) is 2.39. The molecule has 0 saturated carbocycles. The number of nitrogens with zero attached hydrogens (tertiary/aromatic N) is 1. The van der Waals surface area contributed by atoms with Gasteiger partial charge in [-0.1, -0.05) is 0 Å². The average Bonchev–Trinajstić information content (AvgIpc) is 2.26. The first kappa shape index (κ1) is 9.71. The Balaban J connectivity index is 2.72. The second-order valence-electron chi connectivity index (χ2n) is 3.03. The topological polar surface area (TPSA) is 31.4 Å². The first-order valence-electron chi connectivity index (χ1n) is 4.43. The van der Waals surface area contributed by atoms with Crippen LogP contribution in [0, 0.1) is 5.95 Å². The van der Waals surface area contributed by atoms with Crippen LogP contribution < -0.4 is 9.47 Å². The molecule has 0 spiro atoms. The average molecular weight is 207 g/mol. The van der Waals surface area contributed by atoms with Crippen molar-refractivity contribution in [3.63, 3.8) is 0 Å². The summed E-state index contributed by atoms with van der Waals surface area (Å²) >= 11 is 0. The smallest absolute Gasteiger partial charge is 0.217 e. The van der Waals surface area contributed by atoms with Gasteiger partial charge in [0.1, 0.15) is 11.5 Å². The highest BCUT2D eigenvalue weighted by atomic mass is 19.1. The molecule has 0 aliphatic carbocycles. The predicted molar refractivity (Wildman–Crippen MR) is 54.8 cm³/mol. The lowest BCUT2D eigenvalue weighted by Gasteiger charge is -2.06. The van der Waals surface area contributed by atoms with E-state index in [0.717, 1.165) is 5.39 Å². The lowest BCUT2D eigenvalue weighted by molar-refractivity contribution is 0.412. The standard InChI is InChI=1S/C11H10FNO2/c1-14-7-3-4-8-9(5-7)13-11(12)6-10(8)15-2/h3-6H,1-2H3. The normalized spacial score (nSPS) is 10.3. The lowest BCUT2D eigenvalue weighted by Crippen LogP contribution is -1.91. The number of aromatic nitrogens is 1. The summed E-state index contributed by atoms with van der Waals surface area (Å²) in [5, 5.41) is 0.764. The number of halogens is 1. The van der Waals surface area contributed by atoms with Gasteiger partial charge in [0.25, 0.3) is 0 Å². The van der Waals surface area contributed by atoms with Crippen LogP contribution in [0.5, 0.6) is 11.5 Å². The maximum absolute atomic E-state index is 13.1. The fourth-order valence-corrected chi connectivity index (χ4v) is 1.44. The fraction of sp³-hybridized carbons (Fsp3) is 0.182. The van der Waals surface area contributed by atoms with Crippen molar-refractivity contribution in [2.45, 2.75) is 0 Å². The van der Waals surface area contributed by atoms with Crippen molar-refractivity contribution in [1.29, 1.82) is 0 Å². The molecular weight excluding hydrogens is 197 g/mol. The monoisotopic (exact) mass is 207 g/mol. The highest BCUT2D eigenvalue weighted by molar-refractivity contribution is 5.86. The number of fused-ring (bicyclic) bond motifs is 1. The van der Waals surface area contributed by atoms with Gasteiger partial charge in [-0.3, -0.25) is 0 Å². The van der Waals surface area contributed by atoms with Crippen molar-refractivity contribution in [2.75, 3.05) is 14.2 Å². The van der Waals surface area contributed by atoms with Crippen molar-refractivity contribution in [3.8, 4) is 11.5 Å². The van der Waals surface area contributed by atoms with Gasteiger partial charge in [-0.25, -0.2) is 4.98 Å². The summed E-state index contributed by atoms with van der Waals surface area (Å²) in [5.41, 5.74) is 0.520. The summed E-state index contributed by atoms with van der Waals surface area (Å²) in [6.07, 6.45) is 0. The van der Waals surface area contributed by atoms with E-state index in [1.807, 2.05) is 0 Å². The highest BCUT2D eigenvalue weighted by Gasteiger charge is 2.06. The van der Waals surface area contributed by atoms with Crippen molar-refractivity contribution in [2.24, 2.45) is 0 Å². The Morgan fingerprint density at radius 3 is 2.60 bits per heavy atom. The summed E-state index contributed by atoms with van der Waals surface area (Å²) in [6.45, 7) is 0. The molecule has 0 atom stereocenters. The Bertz CT molecular complexity index is 499. The van der Waals surface area contributed by atoms with Crippen LogP contribution in [0.1, 0.15) is 0 Å². The molecule has 2 rings (SSSR count). The van der Waals surface area contributed by atoms with Gasteiger partial charge in [0.05, 0.1) is 19.7 Å². The van der Waals surface area contributed by atoms with Gasteiger partial charge in [0.2, 0.25) is 5.95 Å². The third-order valence-electron chi connectivity index (χ3n) is 2.17. The third kappa shape index (κ3) is 1.70. The van der Waals surface area contributed by atoms with E-state index < -0.39 is 5.95 Å². The Hall–Kier alpha value is -1.84. The first-order chi connectivity index (χ1) is 7.24. The van der Waals surface area contributed by atoms with Gasteiger partial charge in [-0.05, 0) is 12.1 Å². The van der Waals surface area contributed by atoms with Gasteiger partial charge in [-0.15, -0.1) is 0 Å². The van der Waals surface area contributed by atoms with Crippen molar-refractivity contribution in [1.82, 2.24) is 4.98 Å². The van der Waals surface area contributed by atoms with Crippen LogP contribution in [0.15, 0.2) is 24.3 Å². The Kier molecular flexibility index (Phi) is 2.41. The zero-order chi connectivity index (χ0) is 10.8. The molecule has 0 saturated heterocycles. The molecule has 0 radical (unpaired) electrons. The zero-order valence-electron chi connectivity index (χ0n) is 8.45. The van der Waals surface area contributed by atoms with E-state index in [9.17, 15) is 4.39 Å². The SMILES string of the molecule is COc1ccc2c(OC)cc(F)nc2c1.